The van der Waals surface area contributed by atoms with E-state index in [-0.39, 0.29) is 17.5 Å². The summed E-state index contributed by atoms with van der Waals surface area (Å²) in [5, 5.41) is 11.8. The van der Waals surface area contributed by atoms with Gasteiger partial charge in [-0.1, -0.05) is 55.1 Å². The minimum atomic E-state index is -4.47. The highest BCUT2D eigenvalue weighted by atomic mass is 32.2. The number of nitrogens with one attached hydrogen (secondary N) is 1. The topological polar surface area (TPSA) is 63.1 Å². The lowest BCUT2D eigenvalue weighted by Crippen LogP contribution is -2.23. The van der Waals surface area contributed by atoms with Gasteiger partial charge in [0.25, 0.3) is 0 Å². The second-order valence-corrected chi connectivity index (χ2v) is 8.66. The van der Waals surface area contributed by atoms with Crippen LogP contribution in [-0.4, -0.2) is 45.4 Å². The van der Waals surface area contributed by atoms with Crippen molar-refractivity contribution < 1.29 is 18.0 Å². The largest absolute Gasteiger partial charge is 0.416 e. The van der Waals surface area contributed by atoms with Crippen molar-refractivity contribution in [3.8, 4) is 0 Å². The molecule has 0 bridgehead atoms. The Morgan fingerprint density at radius 3 is 2.48 bits per heavy atom. The van der Waals surface area contributed by atoms with Gasteiger partial charge in [0.2, 0.25) is 5.91 Å². The first-order valence-corrected chi connectivity index (χ1v) is 11.4. The van der Waals surface area contributed by atoms with E-state index in [9.17, 15) is 18.0 Å². The molecule has 33 heavy (non-hydrogen) atoms. The molecule has 1 unspecified atom stereocenters. The third-order valence-corrected chi connectivity index (χ3v) is 6.01. The van der Waals surface area contributed by atoms with Crippen LogP contribution in [0.5, 0.6) is 0 Å². The molecule has 2 aromatic carbocycles. The normalized spacial score (nSPS) is 12.7. The van der Waals surface area contributed by atoms with Gasteiger partial charge < -0.3 is 9.88 Å². The number of halogens is 3. The molecule has 6 nitrogen and oxygen atoms in total. The van der Waals surface area contributed by atoms with Crippen LogP contribution in [0.3, 0.4) is 0 Å². The standard InChI is InChI=1S/C23H26F3N5OS/c1-4-19(30(2)3)21-28-29-22(31(21)14-16-9-6-5-7-10-16)33-15-20(32)27-18-12-8-11-17(13-18)23(24,25)26/h5-13,19H,4,14-15H2,1-3H3,(H,27,32). The third kappa shape index (κ3) is 6.58. The Morgan fingerprint density at radius 2 is 1.85 bits per heavy atom. The maximum atomic E-state index is 12.9. The fourth-order valence-electron chi connectivity index (χ4n) is 3.45. The SMILES string of the molecule is CCC(c1nnc(SCC(=O)Nc2cccc(C(F)(F)F)c2)n1Cc1ccccc1)N(C)C. The van der Waals surface area contributed by atoms with Gasteiger partial charge in [-0.15, -0.1) is 10.2 Å². The van der Waals surface area contributed by atoms with Crippen LogP contribution in [0.15, 0.2) is 59.8 Å². The van der Waals surface area contributed by atoms with Gasteiger partial charge >= 0.3 is 6.18 Å². The summed E-state index contributed by atoms with van der Waals surface area (Å²) in [6.45, 7) is 2.62. The van der Waals surface area contributed by atoms with Crippen LogP contribution in [0.4, 0.5) is 18.9 Å². The van der Waals surface area contributed by atoms with Crippen molar-refractivity contribution in [1.29, 1.82) is 0 Å². The second-order valence-electron chi connectivity index (χ2n) is 7.72. The van der Waals surface area contributed by atoms with E-state index in [4.69, 9.17) is 0 Å². The molecule has 1 N–H and O–H groups in total. The lowest BCUT2D eigenvalue weighted by Gasteiger charge is -2.23. The number of thioether (sulfide) groups is 1. The zero-order valence-electron chi connectivity index (χ0n) is 18.6. The molecule has 176 valence electrons. The molecule has 1 aromatic heterocycles. The van der Waals surface area contributed by atoms with Crippen LogP contribution in [0.1, 0.15) is 36.3 Å². The van der Waals surface area contributed by atoms with Crippen molar-refractivity contribution in [2.45, 2.75) is 37.3 Å². The number of hydrogen-bond acceptors (Lipinski definition) is 5. The number of nitrogens with zero attached hydrogens (tertiary/aromatic N) is 4. The van der Waals surface area contributed by atoms with Crippen LogP contribution >= 0.6 is 11.8 Å². The number of carbonyl (C=O) groups is 1. The summed E-state index contributed by atoms with van der Waals surface area (Å²) < 4.78 is 40.7. The zero-order chi connectivity index (χ0) is 24.0. The molecule has 0 aliphatic heterocycles. The van der Waals surface area contributed by atoms with Crippen molar-refractivity contribution in [3.05, 3.63) is 71.5 Å². The minimum Gasteiger partial charge on any atom is -0.325 e. The number of hydrogen-bond donors (Lipinski definition) is 1. The summed E-state index contributed by atoms with van der Waals surface area (Å²) in [6.07, 6.45) is -3.64. The number of anilines is 1. The van der Waals surface area contributed by atoms with Crippen molar-refractivity contribution in [1.82, 2.24) is 19.7 Å². The van der Waals surface area contributed by atoms with Gasteiger partial charge in [0.1, 0.15) is 0 Å². The van der Waals surface area contributed by atoms with Gasteiger partial charge in [-0.3, -0.25) is 9.69 Å². The Labute approximate surface area is 195 Å². The summed E-state index contributed by atoms with van der Waals surface area (Å²) >= 11 is 1.20. The van der Waals surface area contributed by atoms with Gasteiger partial charge in [0.05, 0.1) is 23.9 Å². The summed E-state index contributed by atoms with van der Waals surface area (Å²) in [6, 6.07) is 14.5. The molecule has 0 aliphatic carbocycles. The van der Waals surface area contributed by atoms with Gasteiger partial charge in [-0.2, -0.15) is 13.2 Å². The van der Waals surface area contributed by atoms with Gasteiger partial charge in [-0.05, 0) is 44.3 Å². The first-order valence-electron chi connectivity index (χ1n) is 10.4. The summed E-state index contributed by atoms with van der Waals surface area (Å²) in [5.41, 5.74) is 0.359. The maximum absolute atomic E-state index is 12.9. The molecule has 1 heterocycles. The van der Waals surface area contributed by atoms with Crippen LogP contribution in [-0.2, 0) is 17.5 Å². The first-order chi connectivity index (χ1) is 15.7. The van der Waals surface area contributed by atoms with Crippen molar-refractivity contribution >= 4 is 23.4 Å². The maximum Gasteiger partial charge on any atom is 0.416 e. The summed E-state index contributed by atoms with van der Waals surface area (Å²) in [4.78, 5) is 14.5. The van der Waals surface area contributed by atoms with Gasteiger partial charge in [0.15, 0.2) is 11.0 Å². The van der Waals surface area contributed by atoms with Gasteiger partial charge in [0, 0.05) is 5.69 Å². The van der Waals surface area contributed by atoms with Crippen LogP contribution < -0.4 is 5.32 Å². The molecule has 0 radical (unpaired) electrons. The van der Waals surface area contributed by atoms with E-state index >= 15 is 0 Å². The molecule has 3 aromatic rings. The smallest absolute Gasteiger partial charge is 0.325 e. The first kappa shape index (κ1) is 24.8. The van der Waals surface area contributed by atoms with Crippen molar-refractivity contribution in [3.63, 3.8) is 0 Å². The third-order valence-electron chi connectivity index (χ3n) is 5.04. The van der Waals surface area contributed by atoms with Gasteiger partial charge in [-0.25, -0.2) is 0 Å². The van der Waals surface area contributed by atoms with E-state index in [0.717, 1.165) is 29.9 Å². The van der Waals surface area contributed by atoms with Crippen molar-refractivity contribution in [2.75, 3.05) is 25.2 Å². The number of benzene rings is 2. The predicted octanol–water partition coefficient (Wildman–Crippen LogP) is 5.09. The fraction of sp³-hybridized carbons (Fsp3) is 0.348. The number of carbonyl (C=O) groups excluding carboxylic acids is 1. The lowest BCUT2D eigenvalue weighted by atomic mass is 10.2. The molecule has 0 saturated carbocycles. The molecule has 0 aliphatic rings. The van der Waals surface area contributed by atoms with Crippen LogP contribution in [0.2, 0.25) is 0 Å². The summed E-state index contributed by atoms with van der Waals surface area (Å²) in [5.74, 6) is 0.365. The van der Waals surface area contributed by atoms with E-state index in [1.54, 1.807) is 0 Å². The van der Waals surface area contributed by atoms with E-state index < -0.39 is 17.6 Å². The Hall–Kier alpha value is -2.85. The predicted molar refractivity (Wildman–Crippen MR) is 123 cm³/mol. The Balaban J connectivity index is 1.76. The monoisotopic (exact) mass is 477 g/mol. The Morgan fingerprint density at radius 1 is 1.12 bits per heavy atom. The molecule has 10 heteroatoms. The molecule has 3 rings (SSSR count). The molecule has 1 atom stereocenters. The molecule has 1 amide bonds. The Kier molecular flexibility index (Phi) is 8.15. The highest BCUT2D eigenvalue weighted by Gasteiger charge is 2.30. The highest BCUT2D eigenvalue weighted by molar-refractivity contribution is 7.99. The van der Waals surface area contributed by atoms with Crippen LogP contribution in [0.25, 0.3) is 0 Å². The molecule has 0 fully saturated rings. The van der Waals surface area contributed by atoms with Crippen molar-refractivity contribution in [2.24, 2.45) is 0 Å². The zero-order valence-corrected chi connectivity index (χ0v) is 19.5. The fourth-order valence-corrected chi connectivity index (χ4v) is 4.19. The second kappa shape index (κ2) is 10.8. The number of aromatic nitrogens is 3. The highest BCUT2D eigenvalue weighted by Crippen LogP contribution is 2.31. The average Bonchev–Trinajstić information content (AvgIpc) is 3.15. The van der Waals surface area contributed by atoms with E-state index in [1.165, 1.54) is 23.9 Å². The number of rotatable bonds is 9. The summed E-state index contributed by atoms with van der Waals surface area (Å²) in [7, 11) is 3.95. The van der Waals surface area contributed by atoms with E-state index in [1.807, 2.05) is 49.0 Å². The quantitative estimate of drug-likeness (QED) is 0.435. The Bertz CT molecular complexity index is 1070. The van der Waals surface area contributed by atoms with E-state index in [0.29, 0.717) is 11.7 Å². The number of alkyl halides is 3. The molecule has 0 saturated heterocycles. The van der Waals surface area contributed by atoms with E-state index in [2.05, 4.69) is 27.3 Å². The number of amides is 1. The molecular formula is C23H26F3N5OS. The lowest BCUT2D eigenvalue weighted by molar-refractivity contribution is -0.137. The average molecular weight is 478 g/mol. The van der Waals surface area contributed by atoms with Crippen LogP contribution in [0, 0.1) is 0 Å². The minimum absolute atomic E-state index is 0.0120. The molecule has 0 spiro atoms. The molecular weight excluding hydrogens is 451 g/mol.